The highest BCUT2D eigenvalue weighted by Gasteiger charge is 2.29. The lowest BCUT2D eigenvalue weighted by Gasteiger charge is -2.28. The van der Waals surface area contributed by atoms with Crippen molar-refractivity contribution in [2.24, 2.45) is 0 Å². The minimum atomic E-state index is -1.11. The Morgan fingerprint density at radius 3 is 2.55 bits per heavy atom. The number of anilines is 1. The number of carbonyl (C=O) groups is 2. The molecular formula is C13H14ClNO5. The zero-order valence-corrected chi connectivity index (χ0v) is 11.4. The van der Waals surface area contributed by atoms with E-state index < -0.39 is 24.5 Å². The van der Waals surface area contributed by atoms with Gasteiger partial charge < -0.3 is 14.6 Å². The second kappa shape index (κ2) is 6.69. The van der Waals surface area contributed by atoms with Gasteiger partial charge in [-0.3, -0.25) is 14.5 Å². The molecule has 0 saturated carbocycles. The number of amides is 1. The largest absolute Gasteiger partial charge is 0.480 e. The van der Waals surface area contributed by atoms with Crippen molar-refractivity contribution in [1.29, 1.82) is 0 Å². The fourth-order valence-corrected chi connectivity index (χ4v) is 1.98. The van der Waals surface area contributed by atoms with Crippen molar-refractivity contribution in [2.75, 3.05) is 31.3 Å². The summed E-state index contributed by atoms with van der Waals surface area (Å²) in [4.78, 5) is 24.4. The summed E-state index contributed by atoms with van der Waals surface area (Å²) in [5.74, 6) is -1.54. The number of benzene rings is 1. The van der Waals surface area contributed by atoms with Gasteiger partial charge in [0.2, 0.25) is 0 Å². The molecule has 1 unspecified atom stereocenters. The van der Waals surface area contributed by atoms with Gasteiger partial charge in [-0.25, -0.2) is 0 Å². The quantitative estimate of drug-likeness (QED) is 0.903. The molecule has 1 heterocycles. The zero-order valence-electron chi connectivity index (χ0n) is 10.6. The molecule has 1 amide bonds. The lowest BCUT2D eigenvalue weighted by atomic mass is 10.2. The van der Waals surface area contributed by atoms with Crippen LogP contribution in [0.4, 0.5) is 5.69 Å². The van der Waals surface area contributed by atoms with Crippen LogP contribution in [0, 0.1) is 0 Å². The Labute approximate surface area is 120 Å². The molecule has 0 radical (unpaired) electrons. The maximum Gasteiger partial charge on any atom is 0.323 e. The average molecular weight is 300 g/mol. The number of nitrogens with zero attached hydrogens (tertiary/aromatic N) is 1. The number of halogens is 1. The molecule has 2 rings (SSSR count). The molecule has 1 fully saturated rings. The minimum absolute atomic E-state index is 0.128. The van der Waals surface area contributed by atoms with E-state index >= 15 is 0 Å². The SMILES string of the molecule is O=C(O)CN(C(=O)C1COCCO1)c1ccc(Cl)cc1. The van der Waals surface area contributed by atoms with Crippen LogP contribution in [0.25, 0.3) is 0 Å². The van der Waals surface area contributed by atoms with Crippen molar-refractivity contribution in [1.82, 2.24) is 0 Å². The van der Waals surface area contributed by atoms with Crippen molar-refractivity contribution < 1.29 is 24.2 Å². The Morgan fingerprint density at radius 1 is 1.30 bits per heavy atom. The third-order valence-electron chi connectivity index (χ3n) is 2.79. The Morgan fingerprint density at radius 2 is 2.00 bits per heavy atom. The third kappa shape index (κ3) is 3.69. The fourth-order valence-electron chi connectivity index (χ4n) is 1.86. The van der Waals surface area contributed by atoms with E-state index in [4.69, 9.17) is 26.2 Å². The normalized spacial score (nSPS) is 18.6. The van der Waals surface area contributed by atoms with Crippen LogP contribution in [0.2, 0.25) is 5.02 Å². The summed E-state index contributed by atoms with van der Waals surface area (Å²) in [6.45, 7) is 0.435. The number of carboxylic acid groups (broad SMARTS) is 1. The van der Waals surface area contributed by atoms with Gasteiger partial charge in [0.1, 0.15) is 6.54 Å². The molecule has 1 aromatic rings. The molecule has 0 bridgehead atoms. The first-order valence-corrected chi connectivity index (χ1v) is 6.44. The van der Waals surface area contributed by atoms with Crippen LogP contribution in [-0.4, -0.2) is 49.5 Å². The Balaban J connectivity index is 2.19. The van der Waals surface area contributed by atoms with Gasteiger partial charge in [0.25, 0.3) is 5.91 Å². The molecule has 108 valence electrons. The Hall–Kier alpha value is -1.63. The van der Waals surface area contributed by atoms with Crippen LogP contribution < -0.4 is 4.90 Å². The van der Waals surface area contributed by atoms with Crippen molar-refractivity contribution in [3.05, 3.63) is 29.3 Å². The van der Waals surface area contributed by atoms with Crippen molar-refractivity contribution in [3.8, 4) is 0 Å². The van der Waals surface area contributed by atoms with Gasteiger partial charge in [-0.15, -0.1) is 0 Å². The van der Waals surface area contributed by atoms with E-state index in [-0.39, 0.29) is 6.61 Å². The summed E-state index contributed by atoms with van der Waals surface area (Å²) in [6.07, 6.45) is -0.779. The second-order valence-electron chi connectivity index (χ2n) is 4.23. The standard InChI is InChI=1S/C13H14ClNO5/c14-9-1-3-10(4-2-9)15(7-12(16)17)13(18)11-8-19-5-6-20-11/h1-4,11H,5-8H2,(H,16,17). The molecule has 1 aliphatic rings. The number of carbonyl (C=O) groups excluding carboxylic acids is 1. The first-order chi connectivity index (χ1) is 9.58. The topological polar surface area (TPSA) is 76.1 Å². The summed E-state index contributed by atoms with van der Waals surface area (Å²) in [6, 6.07) is 6.37. The van der Waals surface area contributed by atoms with Gasteiger partial charge in [0, 0.05) is 10.7 Å². The Bertz CT molecular complexity index is 484. The highest BCUT2D eigenvalue weighted by atomic mass is 35.5. The fraction of sp³-hybridized carbons (Fsp3) is 0.385. The van der Waals surface area contributed by atoms with Crippen LogP contribution >= 0.6 is 11.6 Å². The molecule has 1 N–H and O–H groups in total. The van der Waals surface area contributed by atoms with Crippen LogP contribution in [0.5, 0.6) is 0 Å². The second-order valence-corrected chi connectivity index (χ2v) is 4.67. The van der Waals surface area contributed by atoms with E-state index in [0.717, 1.165) is 4.90 Å². The lowest BCUT2D eigenvalue weighted by Crippen LogP contribution is -2.47. The van der Waals surface area contributed by atoms with Gasteiger partial charge in [-0.1, -0.05) is 11.6 Å². The van der Waals surface area contributed by atoms with Gasteiger partial charge >= 0.3 is 5.97 Å². The van der Waals surface area contributed by atoms with E-state index in [1.807, 2.05) is 0 Å². The maximum atomic E-state index is 12.3. The van der Waals surface area contributed by atoms with Crippen LogP contribution in [-0.2, 0) is 19.1 Å². The molecule has 1 aliphatic heterocycles. The molecule has 1 atom stereocenters. The molecular weight excluding hydrogens is 286 g/mol. The number of hydrogen-bond acceptors (Lipinski definition) is 4. The van der Waals surface area contributed by atoms with Crippen LogP contribution in [0.3, 0.4) is 0 Å². The summed E-state index contributed by atoms with van der Waals surface area (Å²) in [5, 5.41) is 9.46. The molecule has 0 aromatic heterocycles. The predicted octanol–water partition coefficient (Wildman–Crippen LogP) is 1.17. The highest BCUT2D eigenvalue weighted by molar-refractivity contribution is 6.30. The van der Waals surface area contributed by atoms with Crippen LogP contribution in [0.15, 0.2) is 24.3 Å². The minimum Gasteiger partial charge on any atom is -0.480 e. The van der Waals surface area contributed by atoms with Gasteiger partial charge in [-0.2, -0.15) is 0 Å². The molecule has 1 saturated heterocycles. The molecule has 0 spiro atoms. The van der Waals surface area contributed by atoms with Crippen molar-refractivity contribution >= 4 is 29.2 Å². The molecule has 6 nitrogen and oxygen atoms in total. The van der Waals surface area contributed by atoms with Crippen LogP contribution in [0.1, 0.15) is 0 Å². The number of rotatable bonds is 4. The number of ether oxygens (including phenoxy) is 2. The number of carboxylic acids is 1. The van der Waals surface area contributed by atoms with E-state index in [1.54, 1.807) is 24.3 Å². The summed E-state index contributed by atoms with van der Waals surface area (Å²) in [5.41, 5.74) is 0.455. The van der Waals surface area contributed by atoms with E-state index in [2.05, 4.69) is 0 Å². The first-order valence-electron chi connectivity index (χ1n) is 6.06. The summed E-state index contributed by atoms with van der Waals surface area (Å²) >= 11 is 5.79. The summed E-state index contributed by atoms with van der Waals surface area (Å²) in [7, 11) is 0. The molecule has 7 heteroatoms. The highest BCUT2D eigenvalue weighted by Crippen LogP contribution is 2.20. The van der Waals surface area contributed by atoms with Crippen molar-refractivity contribution in [2.45, 2.75) is 6.10 Å². The van der Waals surface area contributed by atoms with E-state index in [0.29, 0.717) is 23.9 Å². The van der Waals surface area contributed by atoms with Gasteiger partial charge in [0.15, 0.2) is 6.10 Å². The number of aliphatic carboxylic acids is 1. The smallest absolute Gasteiger partial charge is 0.323 e. The lowest BCUT2D eigenvalue weighted by molar-refractivity contribution is -0.147. The van der Waals surface area contributed by atoms with Gasteiger partial charge in [0.05, 0.1) is 19.8 Å². The molecule has 20 heavy (non-hydrogen) atoms. The monoisotopic (exact) mass is 299 g/mol. The molecule has 1 aromatic carbocycles. The van der Waals surface area contributed by atoms with Crippen molar-refractivity contribution in [3.63, 3.8) is 0 Å². The maximum absolute atomic E-state index is 12.3. The molecule has 0 aliphatic carbocycles. The number of hydrogen-bond donors (Lipinski definition) is 1. The third-order valence-corrected chi connectivity index (χ3v) is 3.04. The van der Waals surface area contributed by atoms with E-state index in [9.17, 15) is 9.59 Å². The summed E-state index contributed by atoms with van der Waals surface area (Å²) < 4.78 is 10.5. The predicted molar refractivity (Wildman–Crippen MR) is 72.0 cm³/mol. The zero-order chi connectivity index (χ0) is 14.5. The Kier molecular flexibility index (Phi) is 4.94. The first kappa shape index (κ1) is 14.8. The van der Waals surface area contributed by atoms with Gasteiger partial charge in [-0.05, 0) is 24.3 Å². The van der Waals surface area contributed by atoms with E-state index in [1.165, 1.54) is 0 Å². The average Bonchev–Trinajstić information content (AvgIpc) is 2.46.